The molecule has 2 heterocycles. The summed E-state index contributed by atoms with van der Waals surface area (Å²) in [4.78, 5) is 0.860. The number of halogens is 2. The van der Waals surface area contributed by atoms with Crippen molar-refractivity contribution < 1.29 is 13.3 Å². The molecule has 2 N–H and O–H groups in total. The molecule has 0 unspecified atom stereocenters. The van der Waals surface area contributed by atoms with Crippen LogP contribution in [0.4, 0.5) is 14.7 Å². The van der Waals surface area contributed by atoms with Gasteiger partial charge in [-0.15, -0.1) is 11.3 Å². The Morgan fingerprint density at radius 2 is 2.00 bits per heavy atom. The van der Waals surface area contributed by atoms with Crippen molar-refractivity contribution in [1.29, 1.82) is 0 Å². The van der Waals surface area contributed by atoms with Gasteiger partial charge in [0.25, 0.3) is 0 Å². The highest BCUT2D eigenvalue weighted by molar-refractivity contribution is 7.13. The van der Waals surface area contributed by atoms with E-state index in [0.29, 0.717) is 16.8 Å². The van der Waals surface area contributed by atoms with Gasteiger partial charge in [-0.25, -0.2) is 8.78 Å². The van der Waals surface area contributed by atoms with Gasteiger partial charge in [0.2, 0.25) is 5.88 Å². The number of hydrogen-bond acceptors (Lipinski definition) is 4. The van der Waals surface area contributed by atoms with Gasteiger partial charge in [-0.2, -0.15) is 0 Å². The lowest BCUT2D eigenvalue weighted by molar-refractivity contribution is 0.439. The van der Waals surface area contributed by atoms with Gasteiger partial charge in [0.15, 0.2) is 11.6 Å². The van der Waals surface area contributed by atoms with E-state index in [9.17, 15) is 8.78 Å². The Hall–Kier alpha value is -2.21. The van der Waals surface area contributed by atoms with Gasteiger partial charge < -0.3 is 10.3 Å². The maximum absolute atomic E-state index is 13.3. The first kappa shape index (κ1) is 11.9. The Balaban J connectivity index is 2.18. The Morgan fingerprint density at radius 3 is 2.68 bits per heavy atom. The van der Waals surface area contributed by atoms with Gasteiger partial charge in [0.1, 0.15) is 5.69 Å². The van der Waals surface area contributed by atoms with Crippen molar-refractivity contribution in [2.75, 3.05) is 5.73 Å². The Bertz CT molecular complexity index is 722. The van der Waals surface area contributed by atoms with Crippen LogP contribution in [0.1, 0.15) is 0 Å². The van der Waals surface area contributed by atoms with Crippen LogP contribution in [0.15, 0.2) is 40.2 Å². The summed E-state index contributed by atoms with van der Waals surface area (Å²) < 4.78 is 31.2. The van der Waals surface area contributed by atoms with Gasteiger partial charge in [-0.1, -0.05) is 11.2 Å². The highest BCUT2D eigenvalue weighted by Crippen LogP contribution is 2.38. The zero-order valence-corrected chi connectivity index (χ0v) is 10.4. The normalized spacial score (nSPS) is 10.8. The fourth-order valence-corrected chi connectivity index (χ4v) is 2.58. The zero-order chi connectivity index (χ0) is 13.4. The standard InChI is InChI=1S/C13H8F2N2OS/c14-8-4-3-7(6-9(8)15)12-11(13(16)18-17-12)10-2-1-5-19-10/h1-6H,16H2. The fourth-order valence-electron chi connectivity index (χ4n) is 1.80. The van der Waals surface area contributed by atoms with E-state index < -0.39 is 11.6 Å². The second-order valence-electron chi connectivity index (χ2n) is 3.88. The molecule has 0 aliphatic carbocycles. The summed E-state index contributed by atoms with van der Waals surface area (Å²) in [7, 11) is 0. The Labute approximate surface area is 111 Å². The topological polar surface area (TPSA) is 52.0 Å². The summed E-state index contributed by atoms with van der Waals surface area (Å²) in [5, 5.41) is 5.72. The summed E-state index contributed by atoms with van der Waals surface area (Å²) in [5.41, 5.74) is 7.17. The molecule has 0 spiro atoms. The van der Waals surface area contributed by atoms with E-state index >= 15 is 0 Å². The minimum absolute atomic E-state index is 0.155. The van der Waals surface area contributed by atoms with E-state index in [1.165, 1.54) is 17.4 Å². The van der Waals surface area contributed by atoms with Crippen LogP contribution < -0.4 is 5.73 Å². The van der Waals surface area contributed by atoms with E-state index in [4.69, 9.17) is 10.3 Å². The summed E-state index contributed by atoms with van der Waals surface area (Å²) in [6, 6.07) is 7.28. The summed E-state index contributed by atoms with van der Waals surface area (Å²) in [5.74, 6) is -1.68. The number of rotatable bonds is 2. The first-order valence-corrected chi connectivity index (χ1v) is 6.29. The summed E-state index contributed by atoms with van der Waals surface area (Å²) in [6.07, 6.45) is 0. The maximum atomic E-state index is 13.3. The molecule has 19 heavy (non-hydrogen) atoms. The fraction of sp³-hybridized carbons (Fsp3) is 0. The van der Waals surface area contributed by atoms with Crippen molar-refractivity contribution in [2.24, 2.45) is 0 Å². The molecule has 0 fully saturated rings. The van der Waals surface area contributed by atoms with Crippen molar-refractivity contribution in [3.63, 3.8) is 0 Å². The maximum Gasteiger partial charge on any atom is 0.231 e. The lowest BCUT2D eigenvalue weighted by Gasteiger charge is -2.01. The van der Waals surface area contributed by atoms with E-state index in [-0.39, 0.29) is 5.88 Å². The van der Waals surface area contributed by atoms with Crippen LogP contribution >= 0.6 is 11.3 Å². The van der Waals surface area contributed by atoms with Crippen LogP contribution in [0, 0.1) is 11.6 Å². The monoisotopic (exact) mass is 278 g/mol. The average Bonchev–Trinajstić information content (AvgIpc) is 3.01. The van der Waals surface area contributed by atoms with Crippen LogP contribution in [0.3, 0.4) is 0 Å². The molecule has 0 aliphatic heterocycles. The summed E-state index contributed by atoms with van der Waals surface area (Å²) >= 11 is 1.46. The number of thiophene rings is 1. The molecule has 3 rings (SSSR count). The smallest absolute Gasteiger partial charge is 0.231 e. The van der Waals surface area contributed by atoms with Crippen molar-refractivity contribution in [2.45, 2.75) is 0 Å². The first-order valence-electron chi connectivity index (χ1n) is 5.41. The van der Waals surface area contributed by atoms with Crippen molar-refractivity contribution in [3.05, 3.63) is 47.3 Å². The average molecular weight is 278 g/mol. The number of benzene rings is 1. The lowest BCUT2D eigenvalue weighted by atomic mass is 10.1. The first-order chi connectivity index (χ1) is 9.16. The van der Waals surface area contributed by atoms with Crippen molar-refractivity contribution in [3.8, 4) is 21.7 Å². The van der Waals surface area contributed by atoms with Gasteiger partial charge in [0, 0.05) is 10.4 Å². The van der Waals surface area contributed by atoms with Crippen LogP contribution in [0.25, 0.3) is 21.7 Å². The molecule has 6 heteroatoms. The van der Waals surface area contributed by atoms with Crippen LogP contribution in [0.2, 0.25) is 0 Å². The molecule has 0 saturated heterocycles. The highest BCUT2D eigenvalue weighted by atomic mass is 32.1. The molecule has 0 bridgehead atoms. The molecule has 0 saturated carbocycles. The minimum Gasteiger partial charge on any atom is -0.367 e. The lowest BCUT2D eigenvalue weighted by Crippen LogP contribution is -1.88. The second-order valence-corrected chi connectivity index (χ2v) is 4.82. The third kappa shape index (κ3) is 2.00. The van der Waals surface area contributed by atoms with E-state index in [0.717, 1.165) is 17.0 Å². The second kappa shape index (κ2) is 4.47. The summed E-state index contributed by atoms with van der Waals surface area (Å²) in [6.45, 7) is 0. The van der Waals surface area contributed by atoms with E-state index in [1.54, 1.807) is 0 Å². The van der Waals surface area contributed by atoms with Gasteiger partial charge in [-0.3, -0.25) is 0 Å². The number of nitrogens with zero attached hydrogens (tertiary/aromatic N) is 1. The third-order valence-corrected chi connectivity index (χ3v) is 3.57. The van der Waals surface area contributed by atoms with E-state index in [1.807, 2.05) is 17.5 Å². The molecule has 0 atom stereocenters. The number of anilines is 1. The van der Waals surface area contributed by atoms with Crippen LogP contribution in [-0.2, 0) is 0 Å². The Morgan fingerprint density at radius 1 is 1.16 bits per heavy atom. The molecular weight excluding hydrogens is 270 g/mol. The van der Waals surface area contributed by atoms with Crippen molar-refractivity contribution >= 4 is 17.2 Å². The van der Waals surface area contributed by atoms with Crippen molar-refractivity contribution in [1.82, 2.24) is 5.16 Å². The number of nitrogen functional groups attached to an aromatic ring is 1. The predicted octanol–water partition coefficient (Wildman–Crippen LogP) is 3.93. The molecule has 3 nitrogen and oxygen atoms in total. The molecule has 3 aromatic rings. The molecule has 2 aromatic heterocycles. The largest absolute Gasteiger partial charge is 0.367 e. The SMILES string of the molecule is Nc1onc(-c2ccc(F)c(F)c2)c1-c1cccs1. The quantitative estimate of drug-likeness (QED) is 0.772. The van der Waals surface area contributed by atoms with Crippen LogP contribution in [0.5, 0.6) is 0 Å². The predicted molar refractivity (Wildman–Crippen MR) is 69.6 cm³/mol. The van der Waals surface area contributed by atoms with Gasteiger partial charge in [0.05, 0.1) is 5.56 Å². The molecule has 0 aliphatic rings. The molecule has 1 aromatic carbocycles. The third-order valence-electron chi connectivity index (χ3n) is 2.68. The number of nitrogens with two attached hydrogens (primary N) is 1. The Kier molecular flexibility index (Phi) is 2.79. The highest BCUT2D eigenvalue weighted by Gasteiger charge is 2.19. The van der Waals surface area contributed by atoms with E-state index in [2.05, 4.69) is 5.16 Å². The number of hydrogen-bond donors (Lipinski definition) is 1. The zero-order valence-electron chi connectivity index (χ0n) is 9.56. The molecule has 0 radical (unpaired) electrons. The molecular formula is C13H8F2N2OS. The minimum atomic E-state index is -0.934. The van der Waals surface area contributed by atoms with Gasteiger partial charge >= 0.3 is 0 Å². The number of aromatic nitrogens is 1. The van der Waals surface area contributed by atoms with Crippen LogP contribution in [-0.4, -0.2) is 5.16 Å². The molecule has 0 amide bonds. The molecule has 96 valence electrons. The van der Waals surface area contributed by atoms with Gasteiger partial charge in [-0.05, 0) is 29.6 Å².